The number of hydrogen-bond acceptors (Lipinski definition) is 4. The maximum atomic E-state index is 12.7. The molecule has 0 saturated carbocycles. The van der Waals surface area contributed by atoms with Gasteiger partial charge in [0.2, 0.25) is 5.62 Å². The van der Waals surface area contributed by atoms with Gasteiger partial charge in [0.1, 0.15) is 0 Å². The second-order valence-corrected chi connectivity index (χ2v) is 9.09. The Labute approximate surface area is 181 Å². The van der Waals surface area contributed by atoms with E-state index in [-0.39, 0.29) is 29.3 Å². The van der Waals surface area contributed by atoms with Crippen molar-refractivity contribution in [1.29, 1.82) is 5.41 Å². The zero-order valence-corrected chi connectivity index (χ0v) is 19.0. The Balaban J connectivity index is 0.00000210. The molecule has 2 aromatic heterocycles. The average Bonchev–Trinajstić information content (AvgIpc) is 3.36. The summed E-state index contributed by atoms with van der Waals surface area (Å²) in [5.41, 5.74) is 2.37. The summed E-state index contributed by atoms with van der Waals surface area (Å²) in [4.78, 5) is 15.8. The number of nitrogens with one attached hydrogen (secondary N) is 1. The zero-order chi connectivity index (χ0) is 18.1. The van der Waals surface area contributed by atoms with Crippen molar-refractivity contribution in [3.05, 3.63) is 50.7 Å². The smallest absolute Gasteiger partial charge is 0.203 e. The molecule has 0 atom stereocenters. The number of para-hydroxylation sites is 2. The predicted molar refractivity (Wildman–Crippen MR) is 118 cm³/mol. The van der Waals surface area contributed by atoms with Crippen molar-refractivity contribution >= 4 is 61.1 Å². The van der Waals surface area contributed by atoms with E-state index in [0.717, 1.165) is 45.9 Å². The molecule has 5 nitrogen and oxygen atoms in total. The molecule has 1 aliphatic heterocycles. The Hall–Kier alpha value is -1.22. The van der Waals surface area contributed by atoms with Gasteiger partial charge < -0.3 is 14.0 Å². The fourth-order valence-corrected chi connectivity index (χ4v) is 4.93. The van der Waals surface area contributed by atoms with Crippen molar-refractivity contribution in [2.75, 3.05) is 19.6 Å². The van der Waals surface area contributed by atoms with Crippen LogP contribution in [0.1, 0.15) is 22.5 Å². The van der Waals surface area contributed by atoms with Gasteiger partial charge in [0.15, 0.2) is 5.78 Å². The second kappa shape index (κ2) is 8.86. The quantitative estimate of drug-likeness (QED) is 0.499. The summed E-state index contributed by atoms with van der Waals surface area (Å²) >= 11 is 4.85. The third-order valence-corrected chi connectivity index (χ3v) is 6.63. The number of fused-ring (bicyclic) bond motifs is 1. The molecule has 4 rings (SSSR count). The number of carbonyl (C=O) groups is 1. The molecule has 3 aromatic rings. The summed E-state index contributed by atoms with van der Waals surface area (Å²) < 4.78 is 4.81. The lowest BCUT2D eigenvalue weighted by Gasteiger charge is -2.15. The van der Waals surface area contributed by atoms with E-state index >= 15 is 0 Å². The van der Waals surface area contributed by atoms with Gasteiger partial charge in [-0.1, -0.05) is 12.1 Å². The molecule has 0 radical (unpaired) electrons. The molecule has 0 bridgehead atoms. The molecular weight excluding hydrogens is 492 g/mol. The summed E-state index contributed by atoms with van der Waals surface area (Å²) in [7, 11) is 0. The first-order chi connectivity index (χ1) is 12.6. The Morgan fingerprint density at radius 3 is 2.33 bits per heavy atom. The summed E-state index contributed by atoms with van der Waals surface area (Å²) in [5, 5.41) is 8.66. The molecule has 144 valence electrons. The van der Waals surface area contributed by atoms with Crippen molar-refractivity contribution in [3.63, 3.8) is 0 Å². The number of nitrogens with zero attached hydrogens (tertiary/aromatic N) is 3. The Morgan fingerprint density at radius 1 is 1.04 bits per heavy atom. The van der Waals surface area contributed by atoms with Crippen LogP contribution in [0.5, 0.6) is 0 Å². The molecule has 27 heavy (non-hydrogen) atoms. The monoisotopic (exact) mass is 512 g/mol. The molecular formula is C19H22Br2N4OS. The zero-order valence-electron chi connectivity index (χ0n) is 14.9. The van der Waals surface area contributed by atoms with E-state index in [2.05, 4.69) is 20.8 Å². The van der Waals surface area contributed by atoms with Crippen LogP contribution in [0.25, 0.3) is 11.0 Å². The number of imidazole rings is 1. The lowest BCUT2D eigenvalue weighted by atomic mass is 10.3. The molecule has 8 heteroatoms. The molecule has 1 saturated heterocycles. The highest BCUT2D eigenvalue weighted by Crippen LogP contribution is 2.23. The molecule has 0 amide bonds. The van der Waals surface area contributed by atoms with Crippen LogP contribution in [-0.4, -0.2) is 39.5 Å². The minimum absolute atomic E-state index is 0. The van der Waals surface area contributed by atoms with Crippen LogP contribution >= 0.6 is 44.2 Å². The largest absolute Gasteiger partial charge is 0.309 e. The first-order valence-corrected chi connectivity index (χ1v) is 10.5. The topological polar surface area (TPSA) is 54.0 Å². The molecule has 1 N–H and O–H groups in total. The SMILES string of the molecule is Br.N=c1n(CCN2CCCC2)c2ccccc2n1CC(=O)c1ccc(Br)s1. The second-order valence-electron chi connectivity index (χ2n) is 6.63. The number of aromatic nitrogens is 2. The summed E-state index contributed by atoms with van der Waals surface area (Å²) in [6.45, 7) is 4.24. The molecule has 0 aliphatic carbocycles. The van der Waals surface area contributed by atoms with E-state index in [9.17, 15) is 4.79 Å². The number of hydrogen-bond donors (Lipinski definition) is 1. The van der Waals surface area contributed by atoms with Crippen molar-refractivity contribution in [2.24, 2.45) is 0 Å². The predicted octanol–water partition coefficient (Wildman–Crippen LogP) is 4.30. The molecule has 1 fully saturated rings. The fourth-order valence-electron chi connectivity index (χ4n) is 3.61. The molecule has 1 aliphatic rings. The number of benzene rings is 1. The highest BCUT2D eigenvalue weighted by molar-refractivity contribution is 9.11. The van der Waals surface area contributed by atoms with E-state index < -0.39 is 0 Å². The summed E-state index contributed by atoms with van der Waals surface area (Å²) in [5.74, 6) is 0.0432. The lowest BCUT2D eigenvalue weighted by Crippen LogP contribution is -2.31. The lowest BCUT2D eigenvalue weighted by molar-refractivity contribution is 0.0975. The van der Waals surface area contributed by atoms with Crippen LogP contribution < -0.4 is 5.62 Å². The third kappa shape index (κ3) is 4.29. The molecule has 3 heterocycles. The van der Waals surface area contributed by atoms with Crippen LogP contribution in [0.4, 0.5) is 0 Å². The fraction of sp³-hybridized carbons (Fsp3) is 0.368. The number of rotatable bonds is 6. The van der Waals surface area contributed by atoms with Gasteiger partial charge in [-0.2, -0.15) is 0 Å². The number of likely N-dealkylation sites (tertiary alicyclic amines) is 1. The van der Waals surface area contributed by atoms with E-state index in [1.807, 2.05) is 45.5 Å². The standard InChI is InChI=1S/C19H21BrN4OS.BrH/c20-18-8-7-17(26-18)16(25)13-24-15-6-2-1-5-14(15)23(19(24)21)12-11-22-9-3-4-10-22;/h1-2,5-8,21H,3-4,9-13H2;1H. The van der Waals surface area contributed by atoms with Gasteiger partial charge >= 0.3 is 0 Å². The van der Waals surface area contributed by atoms with Gasteiger partial charge in [0.25, 0.3) is 0 Å². The Kier molecular flexibility index (Phi) is 6.73. The highest BCUT2D eigenvalue weighted by Gasteiger charge is 2.17. The average molecular weight is 514 g/mol. The number of ketones is 1. The molecule has 1 aromatic carbocycles. The van der Waals surface area contributed by atoms with E-state index in [1.54, 1.807) is 0 Å². The van der Waals surface area contributed by atoms with E-state index in [4.69, 9.17) is 5.41 Å². The van der Waals surface area contributed by atoms with Gasteiger partial charge in [-0.3, -0.25) is 10.2 Å². The van der Waals surface area contributed by atoms with E-state index in [1.165, 1.54) is 24.2 Å². The van der Waals surface area contributed by atoms with Crippen LogP contribution in [0.15, 0.2) is 40.2 Å². The van der Waals surface area contributed by atoms with Gasteiger partial charge in [-0.25, -0.2) is 0 Å². The number of carbonyl (C=O) groups excluding carboxylic acids is 1. The number of Topliss-reactive ketones (excluding diaryl/α,β-unsaturated/α-hetero) is 1. The van der Waals surface area contributed by atoms with Crippen LogP contribution in [-0.2, 0) is 13.1 Å². The first-order valence-electron chi connectivity index (χ1n) is 8.87. The van der Waals surface area contributed by atoms with Crippen molar-refractivity contribution in [3.8, 4) is 0 Å². The van der Waals surface area contributed by atoms with E-state index in [0.29, 0.717) is 5.62 Å². The third-order valence-electron chi connectivity index (χ3n) is 4.96. The van der Waals surface area contributed by atoms with Crippen molar-refractivity contribution in [2.45, 2.75) is 25.9 Å². The van der Waals surface area contributed by atoms with Crippen LogP contribution in [0.3, 0.4) is 0 Å². The van der Waals surface area contributed by atoms with Gasteiger partial charge in [-0.05, 0) is 66.1 Å². The van der Waals surface area contributed by atoms with Gasteiger partial charge in [0.05, 0.1) is 26.2 Å². The summed E-state index contributed by atoms with van der Waals surface area (Å²) in [6, 6.07) is 11.7. The minimum Gasteiger partial charge on any atom is -0.309 e. The molecule has 0 spiro atoms. The van der Waals surface area contributed by atoms with Gasteiger partial charge in [0, 0.05) is 13.1 Å². The molecule has 0 unspecified atom stereocenters. The minimum atomic E-state index is 0. The normalized spacial score (nSPS) is 14.6. The number of thiophene rings is 1. The van der Waals surface area contributed by atoms with Crippen LogP contribution in [0, 0.1) is 5.41 Å². The van der Waals surface area contributed by atoms with Crippen molar-refractivity contribution in [1.82, 2.24) is 14.0 Å². The van der Waals surface area contributed by atoms with Crippen molar-refractivity contribution < 1.29 is 4.79 Å². The van der Waals surface area contributed by atoms with Gasteiger partial charge in [-0.15, -0.1) is 28.3 Å². The maximum absolute atomic E-state index is 12.7. The number of halogens is 2. The first kappa shape index (κ1) is 20.5. The Morgan fingerprint density at radius 2 is 1.70 bits per heavy atom. The summed E-state index contributed by atoms with van der Waals surface area (Å²) in [6.07, 6.45) is 2.54. The Bertz CT molecular complexity index is 1000. The highest BCUT2D eigenvalue weighted by atomic mass is 79.9. The maximum Gasteiger partial charge on any atom is 0.203 e. The van der Waals surface area contributed by atoms with Crippen LogP contribution in [0.2, 0.25) is 0 Å².